The van der Waals surface area contributed by atoms with Crippen LogP contribution in [0.3, 0.4) is 0 Å². The van der Waals surface area contributed by atoms with Crippen molar-refractivity contribution in [3.05, 3.63) is 29.6 Å². The summed E-state index contributed by atoms with van der Waals surface area (Å²) in [4.78, 5) is 20.3. The lowest BCUT2D eigenvalue weighted by Gasteiger charge is -2.02. The Morgan fingerprint density at radius 2 is 2.44 bits per heavy atom. The molecule has 1 unspecified atom stereocenters. The predicted molar refractivity (Wildman–Crippen MR) is 59.1 cm³/mol. The number of primary amides is 1. The fourth-order valence-electron chi connectivity index (χ4n) is 1.53. The summed E-state index contributed by atoms with van der Waals surface area (Å²) in [5, 5.41) is 3.96. The zero-order valence-electron chi connectivity index (χ0n) is 9.01. The molecular weight excluding hydrogens is 206 g/mol. The molecule has 0 aliphatic carbocycles. The van der Waals surface area contributed by atoms with Crippen molar-refractivity contribution < 1.29 is 9.63 Å². The van der Waals surface area contributed by atoms with Gasteiger partial charge in [-0.25, -0.2) is 4.98 Å². The van der Waals surface area contributed by atoms with E-state index in [1.54, 1.807) is 18.2 Å². The number of carbonyl (C=O) groups is 1. The minimum absolute atomic E-state index is 0.119. The van der Waals surface area contributed by atoms with Crippen LogP contribution in [0.1, 0.15) is 35.9 Å². The van der Waals surface area contributed by atoms with Gasteiger partial charge in [-0.1, -0.05) is 18.1 Å². The number of amides is 1. The molecule has 1 amide bonds. The molecule has 0 aromatic carbocycles. The molecule has 1 aromatic rings. The lowest BCUT2D eigenvalue weighted by molar-refractivity contribution is 0.0829. The monoisotopic (exact) mass is 219 g/mol. The van der Waals surface area contributed by atoms with Crippen LogP contribution in [0.2, 0.25) is 0 Å². The SMILES string of the molecule is CCC1CC(c2cccc(C(N)=O)n2)=NO1. The van der Waals surface area contributed by atoms with E-state index in [4.69, 9.17) is 10.6 Å². The molecule has 1 aromatic heterocycles. The molecule has 5 heteroatoms. The predicted octanol–water partition coefficient (Wildman–Crippen LogP) is 1.08. The highest BCUT2D eigenvalue weighted by Gasteiger charge is 2.21. The van der Waals surface area contributed by atoms with E-state index < -0.39 is 5.91 Å². The molecular formula is C11H13N3O2. The lowest BCUT2D eigenvalue weighted by Crippen LogP contribution is -2.15. The van der Waals surface area contributed by atoms with Crippen molar-refractivity contribution >= 4 is 11.6 Å². The maximum absolute atomic E-state index is 11.0. The van der Waals surface area contributed by atoms with E-state index in [9.17, 15) is 4.79 Å². The Morgan fingerprint density at radius 3 is 3.06 bits per heavy atom. The van der Waals surface area contributed by atoms with E-state index in [2.05, 4.69) is 10.1 Å². The van der Waals surface area contributed by atoms with E-state index in [0.29, 0.717) is 5.69 Å². The molecule has 2 rings (SSSR count). The Labute approximate surface area is 93.3 Å². The number of nitrogens with two attached hydrogens (primary N) is 1. The van der Waals surface area contributed by atoms with E-state index in [-0.39, 0.29) is 11.8 Å². The molecule has 0 fully saturated rings. The fraction of sp³-hybridized carbons (Fsp3) is 0.364. The molecule has 84 valence electrons. The molecule has 1 atom stereocenters. The average molecular weight is 219 g/mol. The number of hydrogen-bond acceptors (Lipinski definition) is 4. The van der Waals surface area contributed by atoms with Crippen molar-refractivity contribution in [2.45, 2.75) is 25.9 Å². The summed E-state index contributed by atoms with van der Waals surface area (Å²) in [6, 6.07) is 5.12. The Bertz CT molecular complexity index is 443. The first-order valence-corrected chi connectivity index (χ1v) is 5.20. The van der Waals surface area contributed by atoms with Gasteiger partial charge in [-0.05, 0) is 18.6 Å². The van der Waals surface area contributed by atoms with Crippen LogP contribution >= 0.6 is 0 Å². The highest BCUT2D eigenvalue weighted by atomic mass is 16.6. The van der Waals surface area contributed by atoms with Gasteiger partial charge in [0.15, 0.2) is 0 Å². The van der Waals surface area contributed by atoms with Gasteiger partial charge in [0, 0.05) is 6.42 Å². The molecule has 1 aliphatic heterocycles. The number of rotatable bonds is 3. The van der Waals surface area contributed by atoms with Crippen LogP contribution in [0.25, 0.3) is 0 Å². The summed E-state index contributed by atoms with van der Waals surface area (Å²) >= 11 is 0. The number of hydrogen-bond donors (Lipinski definition) is 1. The third-order valence-electron chi connectivity index (χ3n) is 2.49. The highest BCUT2D eigenvalue weighted by molar-refractivity contribution is 6.00. The molecule has 5 nitrogen and oxygen atoms in total. The number of aromatic nitrogens is 1. The molecule has 1 aliphatic rings. The van der Waals surface area contributed by atoms with E-state index in [0.717, 1.165) is 18.6 Å². The quantitative estimate of drug-likeness (QED) is 0.826. The van der Waals surface area contributed by atoms with Gasteiger partial charge in [0.1, 0.15) is 17.5 Å². The lowest BCUT2D eigenvalue weighted by atomic mass is 10.1. The Kier molecular flexibility index (Phi) is 2.85. The van der Waals surface area contributed by atoms with Crippen molar-refractivity contribution in [1.29, 1.82) is 0 Å². The number of nitrogens with zero attached hydrogens (tertiary/aromatic N) is 2. The van der Waals surface area contributed by atoms with Crippen LogP contribution in [0.5, 0.6) is 0 Å². The van der Waals surface area contributed by atoms with Crippen LogP contribution in [0.4, 0.5) is 0 Å². The van der Waals surface area contributed by atoms with Crippen molar-refractivity contribution in [3.63, 3.8) is 0 Å². The molecule has 2 heterocycles. The van der Waals surface area contributed by atoms with Gasteiger partial charge < -0.3 is 10.6 Å². The first kappa shape index (κ1) is 10.6. The maximum atomic E-state index is 11.0. The zero-order chi connectivity index (χ0) is 11.5. The van der Waals surface area contributed by atoms with E-state index in [1.165, 1.54) is 0 Å². The second-order valence-electron chi connectivity index (χ2n) is 3.65. The highest BCUT2D eigenvalue weighted by Crippen LogP contribution is 2.17. The van der Waals surface area contributed by atoms with Gasteiger partial charge >= 0.3 is 0 Å². The van der Waals surface area contributed by atoms with Crippen LogP contribution in [-0.2, 0) is 4.84 Å². The second-order valence-corrected chi connectivity index (χ2v) is 3.65. The van der Waals surface area contributed by atoms with E-state index >= 15 is 0 Å². The van der Waals surface area contributed by atoms with E-state index in [1.807, 2.05) is 6.92 Å². The van der Waals surface area contributed by atoms with Gasteiger partial charge in [0.2, 0.25) is 0 Å². The van der Waals surface area contributed by atoms with Crippen LogP contribution in [0.15, 0.2) is 23.4 Å². The molecule has 0 spiro atoms. The Hall–Kier alpha value is -1.91. The van der Waals surface area contributed by atoms with Gasteiger partial charge in [0.25, 0.3) is 5.91 Å². The number of oxime groups is 1. The molecule has 16 heavy (non-hydrogen) atoms. The smallest absolute Gasteiger partial charge is 0.267 e. The third-order valence-corrected chi connectivity index (χ3v) is 2.49. The van der Waals surface area contributed by atoms with Crippen LogP contribution in [-0.4, -0.2) is 22.7 Å². The van der Waals surface area contributed by atoms with Crippen LogP contribution in [0, 0.1) is 0 Å². The van der Waals surface area contributed by atoms with Crippen molar-refractivity contribution in [2.75, 3.05) is 0 Å². The molecule has 0 saturated heterocycles. The summed E-state index contributed by atoms with van der Waals surface area (Å²) in [6.45, 7) is 2.04. The van der Waals surface area contributed by atoms with Gasteiger partial charge in [-0.2, -0.15) is 0 Å². The molecule has 0 radical (unpaired) electrons. The minimum atomic E-state index is -0.534. The van der Waals surface area contributed by atoms with Gasteiger partial charge in [-0.15, -0.1) is 0 Å². The topological polar surface area (TPSA) is 77.6 Å². The van der Waals surface area contributed by atoms with Crippen LogP contribution < -0.4 is 5.73 Å². The molecule has 2 N–H and O–H groups in total. The third kappa shape index (κ3) is 2.03. The summed E-state index contributed by atoms with van der Waals surface area (Å²) in [5.74, 6) is -0.534. The summed E-state index contributed by atoms with van der Waals surface area (Å²) < 4.78 is 0. The molecule has 0 saturated carbocycles. The van der Waals surface area contributed by atoms with Crippen molar-refractivity contribution in [2.24, 2.45) is 10.9 Å². The second kappa shape index (κ2) is 4.30. The molecule has 0 bridgehead atoms. The average Bonchev–Trinajstić information content (AvgIpc) is 2.77. The Balaban J connectivity index is 2.22. The maximum Gasteiger partial charge on any atom is 0.267 e. The first-order chi connectivity index (χ1) is 7.70. The first-order valence-electron chi connectivity index (χ1n) is 5.20. The minimum Gasteiger partial charge on any atom is -0.392 e. The standard InChI is InChI=1S/C11H13N3O2/c1-2-7-6-10(14-16-7)8-4-3-5-9(13-8)11(12)15/h3-5,7H,2,6H2,1H3,(H2,12,15). The number of pyridine rings is 1. The largest absolute Gasteiger partial charge is 0.392 e. The van der Waals surface area contributed by atoms with Gasteiger partial charge in [-0.3, -0.25) is 4.79 Å². The van der Waals surface area contributed by atoms with Gasteiger partial charge in [0.05, 0.1) is 5.69 Å². The summed E-state index contributed by atoms with van der Waals surface area (Å²) in [6.07, 6.45) is 1.75. The van der Waals surface area contributed by atoms with Crippen molar-refractivity contribution in [1.82, 2.24) is 4.98 Å². The summed E-state index contributed by atoms with van der Waals surface area (Å²) in [5.41, 5.74) is 6.84. The summed E-state index contributed by atoms with van der Waals surface area (Å²) in [7, 11) is 0. The van der Waals surface area contributed by atoms with Crippen molar-refractivity contribution in [3.8, 4) is 0 Å². The Morgan fingerprint density at radius 1 is 1.62 bits per heavy atom. The normalized spacial score (nSPS) is 19.1. The number of carbonyl (C=O) groups excluding carboxylic acids is 1. The fourth-order valence-corrected chi connectivity index (χ4v) is 1.53. The zero-order valence-corrected chi connectivity index (χ0v) is 9.01.